The molecule has 114 valence electrons. The molecule has 1 aromatic carbocycles. The van der Waals surface area contributed by atoms with Gasteiger partial charge in [0.1, 0.15) is 12.3 Å². The van der Waals surface area contributed by atoms with Gasteiger partial charge >= 0.3 is 0 Å². The largest absolute Gasteiger partial charge is 0.382 e. The highest BCUT2D eigenvalue weighted by Crippen LogP contribution is 2.27. The highest BCUT2D eigenvalue weighted by molar-refractivity contribution is 6.01. The van der Waals surface area contributed by atoms with Gasteiger partial charge in [0.15, 0.2) is 0 Å². The minimum absolute atomic E-state index is 0.110. The SMILES string of the molecule is CNc1c(C(=O)NCCOCC(N)=O)cccc1[N+](=O)[O-]. The fourth-order valence-electron chi connectivity index (χ4n) is 1.65. The third kappa shape index (κ3) is 4.73. The highest BCUT2D eigenvalue weighted by atomic mass is 16.6. The van der Waals surface area contributed by atoms with Gasteiger partial charge in [-0.2, -0.15) is 0 Å². The van der Waals surface area contributed by atoms with Crippen molar-refractivity contribution in [1.29, 1.82) is 0 Å². The number of nitro groups is 1. The minimum atomic E-state index is -0.600. The number of nitrogens with two attached hydrogens (primary N) is 1. The molecule has 0 atom stereocenters. The lowest BCUT2D eigenvalue weighted by Gasteiger charge is -2.10. The minimum Gasteiger partial charge on any atom is -0.382 e. The molecule has 0 unspecified atom stereocenters. The van der Waals surface area contributed by atoms with Crippen LogP contribution in [-0.4, -0.2) is 43.5 Å². The predicted octanol–water partition coefficient (Wildman–Crippen LogP) is -0.132. The topological polar surface area (TPSA) is 137 Å². The van der Waals surface area contributed by atoms with Crippen molar-refractivity contribution in [2.75, 3.05) is 32.1 Å². The number of hydrogen-bond acceptors (Lipinski definition) is 6. The van der Waals surface area contributed by atoms with Gasteiger partial charge in [0, 0.05) is 19.7 Å². The second kappa shape index (κ2) is 7.80. The van der Waals surface area contributed by atoms with Crippen LogP contribution in [-0.2, 0) is 9.53 Å². The van der Waals surface area contributed by atoms with E-state index in [4.69, 9.17) is 10.5 Å². The summed E-state index contributed by atoms with van der Waals surface area (Å²) in [5.41, 5.74) is 4.99. The first-order valence-electron chi connectivity index (χ1n) is 6.06. The number of carbonyl (C=O) groups excluding carboxylic acids is 2. The average Bonchev–Trinajstić information content (AvgIpc) is 2.45. The van der Waals surface area contributed by atoms with Crippen LogP contribution < -0.4 is 16.4 Å². The second-order valence-corrected chi connectivity index (χ2v) is 3.98. The van der Waals surface area contributed by atoms with Gasteiger partial charge in [0.2, 0.25) is 5.91 Å². The number of anilines is 1. The Bertz CT molecular complexity index is 546. The fourth-order valence-corrected chi connectivity index (χ4v) is 1.65. The molecule has 4 N–H and O–H groups in total. The molecule has 0 bridgehead atoms. The molecule has 0 aliphatic carbocycles. The first-order chi connectivity index (χ1) is 9.97. The number of para-hydroxylation sites is 1. The number of nitrogens with zero attached hydrogens (tertiary/aromatic N) is 1. The van der Waals surface area contributed by atoms with Crippen molar-refractivity contribution in [2.24, 2.45) is 5.73 Å². The van der Waals surface area contributed by atoms with Crippen molar-refractivity contribution in [3.8, 4) is 0 Å². The zero-order valence-corrected chi connectivity index (χ0v) is 11.4. The Hall–Kier alpha value is -2.68. The van der Waals surface area contributed by atoms with E-state index >= 15 is 0 Å². The molecule has 2 amide bonds. The van der Waals surface area contributed by atoms with Gasteiger partial charge in [-0.15, -0.1) is 0 Å². The molecule has 0 radical (unpaired) electrons. The molecule has 0 heterocycles. The summed E-state index contributed by atoms with van der Waals surface area (Å²) in [6.45, 7) is 0.0326. The molecule has 9 heteroatoms. The molecule has 1 aromatic rings. The maximum atomic E-state index is 12.0. The third-order valence-electron chi connectivity index (χ3n) is 2.51. The second-order valence-electron chi connectivity index (χ2n) is 3.98. The molecule has 0 aromatic heterocycles. The number of rotatable bonds is 8. The third-order valence-corrected chi connectivity index (χ3v) is 2.51. The number of hydrogen-bond donors (Lipinski definition) is 3. The van der Waals surface area contributed by atoms with Gasteiger partial charge in [-0.1, -0.05) is 6.07 Å². The summed E-state index contributed by atoms with van der Waals surface area (Å²) in [5.74, 6) is -1.08. The van der Waals surface area contributed by atoms with Crippen LogP contribution in [0.25, 0.3) is 0 Å². The van der Waals surface area contributed by atoms with Gasteiger partial charge in [0.25, 0.3) is 11.6 Å². The summed E-state index contributed by atoms with van der Waals surface area (Å²) >= 11 is 0. The van der Waals surface area contributed by atoms with Crippen molar-refractivity contribution in [2.45, 2.75) is 0 Å². The number of ether oxygens (including phenoxy) is 1. The molecular formula is C12H16N4O5. The summed E-state index contributed by atoms with van der Waals surface area (Å²) < 4.78 is 4.89. The molecule has 1 rings (SSSR count). The van der Waals surface area contributed by atoms with Gasteiger partial charge in [0.05, 0.1) is 17.1 Å². The molecular weight excluding hydrogens is 280 g/mol. The van der Waals surface area contributed by atoms with Crippen LogP contribution in [0.4, 0.5) is 11.4 Å². The van der Waals surface area contributed by atoms with E-state index in [-0.39, 0.29) is 36.7 Å². The number of primary amides is 1. The summed E-state index contributed by atoms with van der Waals surface area (Å²) in [4.78, 5) is 32.7. The number of nitrogens with one attached hydrogen (secondary N) is 2. The van der Waals surface area contributed by atoms with Crippen molar-refractivity contribution >= 4 is 23.2 Å². The van der Waals surface area contributed by atoms with Crippen LogP contribution >= 0.6 is 0 Å². The molecule has 0 spiro atoms. The lowest BCUT2D eigenvalue weighted by Crippen LogP contribution is -2.29. The molecule has 0 fully saturated rings. The van der Waals surface area contributed by atoms with Crippen LogP contribution in [0.1, 0.15) is 10.4 Å². The molecule has 21 heavy (non-hydrogen) atoms. The standard InChI is InChI=1S/C12H16N4O5/c1-14-11-8(3-2-4-9(11)16(19)20)12(18)15-5-6-21-7-10(13)17/h2-4,14H,5-7H2,1H3,(H2,13,17)(H,15,18). The summed E-state index contributed by atoms with van der Waals surface area (Å²) in [5, 5.41) is 16.1. The quantitative estimate of drug-likeness (QED) is 0.347. The Labute approximate surface area is 120 Å². The van der Waals surface area contributed by atoms with Crippen molar-refractivity contribution in [3.05, 3.63) is 33.9 Å². The predicted molar refractivity (Wildman–Crippen MR) is 75.0 cm³/mol. The van der Waals surface area contributed by atoms with Crippen molar-refractivity contribution < 1.29 is 19.2 Å². The van der Waals surface area contributed by atoms with E-state index in [0.717, 1.165) is 0 Å². The Morgan fingerprint density at radius 2 is 2.14 bits per heavy atom. The van der Waals surface area contributed by atoms with E-state index in [1.807, 2.05) is 0 Å². The van der Waals surface area contributed by atoms with E-state index in [9.17, 15) is 19.7 Å². The smallest absolute Gasteiger partial charge is 0.293 e. The summed E-state index contributed by atoms with van der Waals surface area (Å²) in [6, 6.07) is 4.20. The lowest BCUT2D eigenvalue weighted by molar-refractivity contribution is -0.384. The van der Waals surface area contributed by atoms with E-state index in [1.165, 1.54) is 25.2 Å². The van der Waals surface area contributed by atoms with Crippen LogP contribution in [0.3, 0.4) is 0 Å². The fraction of sp³-hybridized carbons (Fsp3) is 0.333. The van der Waals surface area contributed by atoms with Crippen LogP contribution in [0.2, 0.25) is 0 Å². The highest BCUT2D eigenvalue weighted by Gasteiger charge is 2.20. The summed E-state index contributed by atoms with van der Waals surface area (Å²) in [6.07, 6.45) is 0. The van der Waals surface area contributed by atoms with Gasteiger partial charge in [-0.25, -0.2) is 0 Å². The number of amides is 2. The zero-order valence-electron chi connectivity index (χ0n) is 11.4. The number of nitro benzene ring substituents is 1. The van der Waals surface area contributed by atoms with Gasteiger partial charge in [-0.3, -0.25) is 19.7 Å². The normalized spacial score (nSPS) is 9.95. The van der Waals surface area contributed by atoms with Crippen LogP contribution in [0.5, 0.6) is 0 Å². The Kier molecular flexibility index (Phi) is 6.08. The maximum absolute atomic E-state index is 12.0. The van der Waals surface area contributed by atoms with E-state index < -0.39 is 16.7 Å². The van der Waals surface area contributed by atoms with E-state index in [1.54, 1.807) is 0 Å². The molecule has 0 aliphatic rings. The van der Waals surface area contributed by atoms with E-state index in [0.29, 0.717) is 0 Å². The Balaban J connectivity index is 2.68. The Morgan fingerprint density at radius 1 is 1.43 bits per heavy atom. The van der Waals surface area contributed by atoms with Gasteiger partial charge < -0.3 is 21.1 Å². The first kappa shape index (κ1) is 16.4. The molecule has 0 aliphatic heterocycles. The first-order valence-corrected chi connectivity index (χ1v) is 6.06. The summed E-state index contributed by atoms with van der Waals surface area (Å²) in [7, 11) is 1.50. The maximum Gasteiger partial charge on any atom is 0.293 e. The van der Waals surface area contributed by atoms with Crippen molar-refractivity contribution in [3.63, 3.8) is 0 Å². The van der Waals surface area contributed by atoms with Crippen molar-refractivity contribution in [1.82, 2.24) is 5.32 Å². The number of carbonyl (C=O) groups is 2. The van der Waals surface area contributed by atoms with Gasteiger partial charge in [-0.05, 0) is 6.07 Å². The van der Waals surface area contributed by atoms with Crippen LogP contribution in [0.15, 0.2) is 18.2 Å². The molecule has 9 nitrogen and oxygen atoms in total. The zero-order chi connectivity index (χ0) is 15.8. The van der Waals surface area contributed by atoms with Crippen LogP contribution in [0, 0.1) is 10.1 Å². The monoisotopic (exact) mass is 296 g/mol. The lowest BCUT2D eigenvalue weighted by atomic mass is 10.1. The molecule has 0 saturated heterocycles. The number of benzene rings is 1. The molecule has 0 saturated carbocycles. The Morgan fingerprint density at radius 3 is 2.71 bits per heavy atom. The average molecular weight is 296 g/mol. The van der Waals surface area contributed by atoms with E-state index in [2.05, 4.69) is 10.6 Å².